The SMILES string of the molecule is c1ccc(-c2cc(-c3cccc(-c4ccc(-c5nc(-c6ccccn6)cc(-c6ccccn6)n5)c5ccccc45)c3)c3c(ccc4ccccc43)n2)cc1. The van der Waals surface area contributed by atoms with Gasteiger partial charge in [0.25, 0.3) is 0 Å². The second kappa shape index (κ2) is 13.3. The summed E-state index contributed by atoms with van der Waals surface area (Å²) in [5, 5.41) is 5.72. The number of benzene rings is 6. The Morgan fingerprint density at radius 2 is 0.907 bits per heavy atom. The molecular formula is C49H31N5. The van der Waals surface area contributed by atoms with Gasteiger partial charge in [-0.15, -0.1) is 0 Å². The summed E-state index contributed by atoms with van der Waals surface area (Å²) in [6.45, 7) is 0. The van der Waals surface area contributed by atoms with Crippen LogP contribution in [0.3, 0.4) is 0 Å². The Balaban J connectivity index is 1.15. The van der Waals surface area contributed by atoms with E-state index in [1.54, 1.807) is 12.4 Å². The standard InChI is InChI=1S/C49H31N5/c1-2-14-33(15-3-1)45-30-41(48-37-18-5-4-13-32(37)23-26-44(48)52-45)35-17-12-16-34(29-35)36-24-25-40(39-20-7-6-19-38(36)39)49-53-46(42-21-8-10-27-50-42)31-47(54-49)43-22-9-11-28-51-43/h1-31H. The summed E-state index contributed by atoms with van der Waals surface area (Å²) in [5.74, 6) is 0.624. The summed E-state index contributed by atoms with van der Waals surface area (Å²) < 4.78 is 0. The van der Waals surface area contributed by atoms with Gasteiger partial charge in [0.15, 0.2) is 5.82 Å². The molecule has 4 heterocycles. The summed E-state index contributed by atoms with van der Waals surface area (Å²) in [5.41, 5.74) is 11.6. The van der Waals surface area contributed by atoms with E-state index in [0.29, 0.717) is 5.82 Å². The quantitative estimate of drug-likeness (QED) is 0.163. The lowest BCUT2D eigenvalue weighted by Crippen LogP contribution is -1.98. The predicted molar refractivity (Wildman–Crippen MR) is 221 cm³/mol. The summed E-state index contributed by atoms with van der Waals surface area (Å²) >= 11 is 0. The molecule has 0 aliphatic carbocycles. The van der Waals surface area contributed by atoms with E-state index in [-0.39, 0.29) is 0 Å². The number of rotatable bonds is 6. The predicted octanol–water partition coefficient (Wildman–Crippen LogP) is 12.1. The highest BCUT2D eigenvalue weighted by atomic mass is 14.9. The minimum Gasteiger partial charge on any atom is -0.255 e. The maximum atomic E-state index is 5.17. The Labute approximate surface area is 312 Å². The van der Waals surface area contributed by atoms with Gasteiger partial charge in [-0.2, -0.15) is 0 Å². The molecule has 0 N–H and O–H groups in total. The van der Waals surface area contributed by atoms with Gasteiger partial charge in [-0.1, -0.05) is 121 Å². The average molecular weight is 690 g/mol. The molecule has 5 heteroatoms. The fourth-order valence-electron chi connectivity index (χ4n) is 7.45. The zero-order valence-corrected chi connectivity index (χ0v) is 29.1. The molecule has 6 aromatic carbocycles. The van der Waals surface area contributed by atoms with Gasteiger partial charge in [0, 0.05) is 28.9 Å². The van der Waals surface area contributed by atoms with Crippen LogP contribution in [0.25, 0.3) is 100 Å². The van der Waals surface area contributed by atoms with Gasteiger partial charge in [-0.25, -0.2) is 15.0 Å². The molecule has 0 atom stereocenters. The highest BCUT2D eigenvalue weighted by molar-refractivity contribution is 6.14. The first-order valence-electron chi connectivity index (χ1n) is 18.0. The summed E-state index contributed by atoms with van der Waals surface area (Å²) in [6, 6.07) is 61.0. The second-order valence-corrected chi connectivity index (χ2v) is 13.3. The Morgan fingerprint density at radius 1 is 0.315 bits per heavy atom. The average Bonchev–Trinajstić information content (AvgIpc) is 3.26. The number of pyridine rings is 3. The highest BCUT2D eigenvalue weighted by Gasteiger charge is 2.17. The van der Waals surface area contributed by atoms with E-state index < -0.39 is 0 Å². The number of aromatic nitrogens is 5. The Bertz CT molecular complexity index is 2920. The molecule has 0 radical (unpaired) electrons. The number of fused-ring (bicyclic) bond motifs is 4. The van der Waals surface area contributed by atoms with Crippen molar-refractivity contribution >= 4 is 32.4 Å². The van der Waals surface area contributed by atoms with Crippen molar-refractivity contribution < 1.29 is 0 Å². The van der Waals surface area contributed by atoms with Crippen LogP contribution < -0.4 is 0 Å². The van der Waals surface area contributed by atoms with E-state index in [0.717, 1.165) is 83.5 Å². The van der Waals surface area contributed by atoms with Crippen molar-refractivity contribution in [3.8, 4) is 67.7 Å². The first-order valence-corrected chi connectivity index (χ1v) is 18.0. The van der Waals surface area contributed by atoms with Crippen LogP contribution >= 0.6 is 0 Å². The Hall–Kier alpha value is -7.37. The molecule has 0 bridgehead atoms. The van der Waals surface area contributed by atoms with E-state index >= 15 is 0 Å². The molecule has 0 amide bonds. The van der Waals surface area contributed by atoms with Crippen LogP contribution in [0, 0.1) is 0 Å². The lowest BCUT2D eigenvalue weighted by atomic mass is 9.90. The molecule has 0 unspecified atom stereocenters. The number of hydrogen-bond acceptors (Lipinski definition) is 5. The van der Waals surface area contributed by atoms with Gasteiger partial charge in [-0.3, -0.25) is 9.97 Å². The largest absolute Gasteiger partial charge is 0.255 e. The first kappa shape index (κ1) is 31.4. The van der Waals surface area contributed by atoms with Crippen LogP contribution in [-0.4, -0.2) is 24.9 Å². The molecule has 0 fully saturated rings. The number of nitrogens with zero attached hydrogens (tertiary/aromatic N) is 5. The summed E-state index contributed by atoms with van der Waals surface area (Å²) in [4.78, 5) is 24.6. The van der Waals surface area contributed by atoms with Gasteiger partial charge < -0.3 is 0 Å². The van der Waals surface area contributed by atoms with E-state index in [4.69, 9.17) is 15.0 Å². The zero-order chi connectivity index (χ0) is 35.8. The van der Waals surface area contributed by atoms with Crippen LogP contribution in [0.1, 0.15) is 0 Å². The molecule has 4 aromatic heterocycles. The lowest BCUT2D eigenvalue weighted by Gasteiger charge is -2.15. The number of hydrogen-bond donors (Lipinski definition) is 0. The van der Waals surface area contributed by atoms with Crippen LogP contribution in [-0.2, 0) is 0 Å². The normalized spacial score (nSPS) is 11.3. The summed E-state index contributed by atoms with van der Waals surface area (Å²) in [6.07, 6.45) is 3.57. The fourth-order valence-corrected chi connectivity index (χ4v) is 7.45. The molecule has 5 nitrogen and oxygen atoms in total. The monoisotopic (exact) mass is 689 g/mol. The van der Waals surface area contributed by atoms with Crippen molar-refractivity contribution in [2.24, 2.45) is 0 Å². The molecule has 54 heavy (non-hydrogen) atoms. The molecule has 0 spiro atoms. The van der Waals surface area contributed by atoms with E-state index in [1.807, 2.05) is 48.5 Å². The molecular weight excluding hydrogens is 659 g/mol. The highest BCUT2D eigenvalue weighted by Crippen LogP contribution is 2.40. The van der Waals surface area contributed by atoms with Crippen molar-refractivity contribution in [1.29, 1.82) is 0 Å². The van der Waals surface area contributed by atoms with Gasteiger partial charge in [0.2, 0.25) is 0 Å². The zero-order valence-electron chi connectivity index (χ0n) is 29.1. The maximum absolute atomic E-state index is 5.17. The van der Waals surface area contributed by atoms with E-state index in [1.165, 1.54) is 10.8 Å². The van der Waals surface area contributed by atoms with Crippen molar-refractivity contribution in [1.82, 2.24) is 24.9 Å². The van der Waals surface area contributed by atoms with Crippen molar-refractivity contribution in [2.45, 2.75) is 0 Å². The molecule has 0 saturated heterocycles. The molecule has 252 valence electrons. The molecule has 0 saturated carbocycles. The lowest BCUT2D eigenvalue weighted by molar-refractivity contribution is 1.15. The van der Waals surface area contributed by atoms with Gasteiger partial charge in [-0.05, 0) is 98.4 Å². The van der Waals surface area contributed by atoms with Crippen molar-refractivity contribution in [3.63, 3.8) is 0 Å². The Kier molecular flexibility index (Phi) is 7.73. The van der Waals surface area contributed by atoms with Crippen LogP contribution in [0.5, 0.6) is 0 Å². The van der Waals surface area contributed by atoms with E-state index in [2.05, 4.69) is 137 Å². The second-order valence-electron chi connectivity index (χ2n) is 13.3. The molecule has 10 rings (SSSR count). The van der Waals surface area contributed by atoms with Crippen molar-refractivity contribution in [2.75, 3.05) is 0 Å². The minimum absolute atomic E-state index is 0.624. The van der Waals surface area contributed by atoms with Crippen molar-refractivity contribution in [3.05, 3.63) is 188 Å². The third-order valence-corrected chi connectivity index (χ3v) is 10.00. The molecule has 10 aromatic rings. The first-order chi connectivity index (χ1) is 26.8. The van der Waals surface area contributed by atoms with Crippen LogP contribution in [0.2, 0.25) is 0 Å². The summed E-state index contributed by atoms with van der Waals surface area (Å²) in [7, 11) is 0. The Morgan fingerprint density at radius 3 is 1.61 bits per heavy atom. The fraction of sp³-hybridized carbons (Fsp3) is 0. The van der Waals surface area contributed by atoms with Gasteiger partial charge in [0.1, 0.15) is 0 Å². The molecule has 0 aliphatic rings. The van der Waals surface area contributed by atoms with Gasteiger partial charge >= 0.3 is 0 Å². The minimum atomic E-state index is 0.624. The maximum Gasteiger partial charge on any atom is 0.161 e. The third kappa shape index (κ3) is 5.65. The van der Waals surface area contributed by atoms with Crippen LogP contribution in [0.15, 0.2) is 188 Å². The smallest absolute Gasteiger partial charge is 0.161 e. The topological polar surface area (TPSA) is 64.5 Å². The van der Waals surface area contributed by atoms with Crippen LogP contribution in [0.4, 0.5) is 0 Å². The van der Waals surface area contributed by atoms with Gasteiger partial charge in [0.05, 0.1) is 34.0 Å². The van der Waals surface area contributed by atoms with E-state index in [9.17, 15) is 0 Å². The third-order valence-electron chi connectivity index (χ3n) is 10.00. The molecule has 0 aliphatic heterocycles.